The fourth-order valence-corrected chi connectivity index (χ4v) is 5.75. The molecule has 0 aliphatic carbocycles. The van der Waals surface area contributed by atoms with E-state index in [2.05, 4.69) is 6.92 Å². The summed E-state index contributed by atoms with van der Waals surface area (Å²) in [5.74, 6) is -1.08. The van der Waals surface area contributed by atoms with Crippen LogP contribution in [0.15, 0.2) is 18.2 Å². The van der Waals surface area contributed by atoms with Crippen LogP contribution < -0.4 is 4.74 Å². The molecule has 16 nitrogen and oxygen atoms in total. The second-order valence-corrected chi connectivity index (χ2v) is 15.3. The van der Waals surface area contributed by atoms with E-state index in [1.54, 1.807) is 0 Å². The maximum absolute atomic E-state index is 12.6. The number of unbranched alkanes of at least 4 members (excludes halogenated alkanes) is 13. The summed E-state index contributed by atoms with van der Waals surface area (Å²) in [7, 11) is 1.19. The number of carbonyl (C=O) groups excluding carboxylic acids is 2. The zero-order chi connectivity index (χ0) is 38.8. The number of hydrogen-bond acceptors (Lipinski definition) is 12. The number of benzene rings is 1. The van der Waals surface area contributed by atoms with Gasteiger partial charge >= 0.3 is 31.1 Å². The molecule has 17 heteroatoms. The minimum atomic E-state index is -4.48. The van der Waals surface area contributed by atoms with E-state index >= 15 is 0 Å². The van der Waals surface area contributed by atoms with Crippen molar-refractivity contribution in [3.63, 3.8) is 0 Å². The topological polar surface area (TPSA) is 204 Å². The zero-order valence-corrected chi connectivity index (χ0v) is 32.4. The van der Waals surface area contributed by atoms with Gasteiger partial charge in [-0.3, -0.25) is 38.9 Å². The summed E-state index contributed by atoms with van der Waals surface area (Å²) in [4.78, 5) is 55.6. The van der Waals surface area contributed by atoms with Crippen molar-refractivity contribution in [2.75, 3.05) is 54.1 Å². The van der Waals surface area contributed by atoms with Crippen molar-refractivity contribution in [3.8, 4) is 5.75 Å². The fraction of sp³-hybridized carbons (Fsp3) is 0.771. The van der Waals surface area contributed by atoms with Crippen molar-refractivity contribution in [2.24, 2.45) is 0 Å². The van der Waals surface area contributed by atoms with E-state index in [4.69, 9.17) is 23.3 Å². The summed E-state index contributed by atoms with van der Waals surface area (Å²) >= 11 is 0. The molecule has 52 heavy (non-hydrogen) atoms. The zero-order valence-electron chi connectivity index (χ0n) is 31.5. The van der Waals surface area contributed by atoms with Gasteiger partial charge in [0.05, 0.1) is 50.3 Å². The molecular weight excluding hydrogens is 701 g/mol. The lowest BCUT2D eigenvalue weighted by Crippen LogP contribution is -2.37. The van der Waals surface area contributed by atoms with E-state index < -0.39 is 53.7 Å². The minimum absolute atomic E-state index is 0.0505. The number of esters is 2. The normalized spacial score (nSPS) is 13.2. The molecule has 2 unspecified atom stereocenters. The first kappa shape index (κ1) is 46.9. The largest absolute Gasteiger partial charge is 0.493 e. The van der Waals surface area contributed by atoms with Gasteiger partial charge in [0.15, 0.2) is 6.10 Å². The van der Waals surface area contributed by atoms with Crippen LogP contribution in [-0.2, 0) is 32.7 Å². The molecule has 2 atom stereocenters. The third-order valence-electron chi connectivity index (χ3n) is 8.04. The Labute approximate surface area is 308 Å². The van der Waals surface area contributed by atoms with E-state index in [-0.39, 0.29) is 44.8 Å². The monoisotopic (exact) mass is 762 g/mol. The highest BCUT2D eigenvalue weighted by Crippen LogP contribution is 2.43. The van der Waals surface area contributed by atoms with Gasteiger partial charge in [-0.25, -0.2) is 4.57 Å². The Balaban J connectivity index is 2.49. The van der Waals surface area contributed by atoms with Gasteiger partial charge in [0, 0.05) is 18.9 Å². The lowest BCUT2D eigenvalue weighted by molar-refractivity contribution is -0.870. The molecule has 1 aromatic carbocycles. The van der Waals surface area contributed by atoms with E-state index in [0.717, 1.165) is 31.4 Å². The molecule has 0 amide bonds. The molecule has 0 spiro atoms. The highest BCUT2D eigenvalue weighted by atomic mass is 31.2. The van der Waals surface area contributed by atoms with Gasteiger partial charge in [0.1, 0.15) is 25.5 Å². The Morgan fingerprint density at radius 2 is 1.29 bits per heavy atom. The summed E-state index contributed by atoms with van der Waals surface area (Å²) in [5.41, 5.74) is -1.35. The molecule has 0 saturated heterocycles. The Morgan fingerprint density at radius 1 is 0.750 bits per heavy atom. The molecule has 0 aromatic heterocycles. The average Bonchev–Trinajstić information content (AvgIpc) is 3.07. The number of ether oxygens (including phenoxy) is 3. The standard InChI is InChI=1S/C35H60N3O13P/c1-5-6-7-8-9-10-11-12-13-14-15-16-17-20-34(39)48-28-31(29-50-52(45,46)49-26-24-38(2,3)4)51-35(40)21-18-19-25-47-30-22-23-32(36(41)42)33(27-30)37(43)44/h22-23,27,31H,5-21,24-26,28-29H2,1-4H3/p+1. The van der Waals surface area contributed by atoms with Crippen LogP contribution in [0.4, 0.5) is 11.4 Å². The number of phosphoric acid groups is 1. The number of phosphoric ester groups is 1. The van der Waals surface area contributed by atoms with Crippen LogP contribution in [0.3, 0.4) is 0 Å². The summed E-state index contributed by atoms with van der Waals surface area (Å²) < 4.78 is 39.2. The number of likely N-dealkylation sites (N-methyl/N-ethyl adjacent to an activating group) is 1. The van der Waals surface area contributed by atoms with Crippen molar-refractivity contribution in [1.82, 2.24) is 0 Å². The summed E-state index contributed by atoms with van der Waals surface area (Å²) in [6.45, 7) is 1.76. The molecule has 298 valence electrons. The van der Waals surface area contributed by atoms with Crippen LogP contribution >= 0.6 is 7.82 Å². The second kappa shape index (κ2) is 26.6. The van der Waals surface area contributed by atoms with E-state index in [1.807, 2.05) is 21.1 Å². The van der Waals surface area contributed by atoms with Crippen LogP contribution in [0.1, 0.15) is 116 Å². The van der Waals surface area contributed by atoms with Gasteiger partial charge in [0.2, 0.25) is 0 Å². The Hall–Kier alpha value is -3.17. The number of quaternary nitrogens is 1. The highest BCUT2D eigenvalue weighted by molar-refractivity contribution is 7.47. The first-order valence-electron chi connectivity index (χ1n) is 18.5. The van der Waals surface area contributed by atoms with Gasteiger partial charge < -0.3 is 23.6 Å². The van der Waals surface area contributed by atoms with Crippen molar-refractivity contribution in [1.29, 1.82) is 0 Å². The van der Waals surface area contributed by atoms with Gasteiger partial charge in [-0.2, -0.15) is 0 Å². The number of rotatable bonds is 32. The lowest BCUT2D eigenvalue weighted by Gasteiger charge is -2.24. The Morgan fingerprint density at radius 3 is 1.85 bits per heavy atom. The highest BCUT2D eigenvalue weighted by Gasteiger charge is 2.27. The van der Waals surface area contributed by atoms with Crippen molar-refractivity contribution >= 4 is 31.1 Å². The van der Waals surface area contributed by atoms with Crippen LogP contribution in [0.5, 0.6) is 5.75 Å². The molecule has 0 radical (unpaired) electrons. The minimum Gasteiger partial charge on any atom is -0.493 e. The molecule has 0 aliphatic heterocycles. The van der Waals surface area contributed by atoms with Crippen LogP contribution in [0, 0.1) is 20.2 Å². The summed E-state index contributed by atoms with van der Waals surface area (Å²) in [5, 5.41) is 22.1. The Bertz CT molecular complexity index is 1260. The molecule has 1 N–H and O–H groups in total. The fourth-order valence-electron chi connectivity index (χ4n) is 5.01. The number of nitro benzene ring substituents is 2. The number of hydrogen-bond donors (Lipinski definition) is 1. The molecule has 0 aliphatic rings. The van der Waals surface area contributed by atoms with E-state index in [1.165, 1.54) is 63.9 Å². The molecule has 1 aromatic rings. The van der Waals surface area contributed by atoms with Gasteiger partial charge in [0.25, 0.3) is 0 Å². The lowest BCUT2D eigenvalue weighted by atomic mass is 10.0. The maximum Gasteiger partial charge on any atom is 0.472 e. The molecule has 0 bridgehead atoms. The summed E-state index contributed by atoms with van der Waals surface area (Å²) in [6, 6.07) is 3.19. The number of carbonyl (C=O) groups is 2. The van der Waals surface area contributed by atoms with Crippen molar-refractivity contribution in [2.45, 2.75) is 122 Å². The van der Waals surface area contributed by atoms with Crippen molar-refractivity contribution in [3.05, 3.63) is 38.4 Å². The second-order valence-electron chi connectivity index (χ2n) is 13.9. The molecular formula is C35H61N3O13P+. The number of nitro groups is 2. The predicted octanol–water partition coefficient (Wildman–Crippen LogP) is 7.83. The first-order chi connectivity index (χ1) is 24.6. The first-order valence-corrected chi connectivity index (χ1v) is 20.0. The quantitative estimate of drug-likeness (QED) is 0.0186. The van der Waals surface area contributed by atoms with Crippen molar-refractivity contribution < 1.29 is 56.6 Å². The third kappa shape index (κ3) is 24.1. The van der Waals surface area contributed by atoms with Gasteiger partial charge in [-0.15, -0.1) is 0 Å². The molecule has 0 saturated carbocycles. The van der Waals surface area contributed by atoms with Gasteiger partial charge in [-0.1, -0.05) is 84.0 Å². The average molecular weight is 763 g/mol. The molecule has 0 heterocycles. The predicted molar refractivity (Wildman–Crippen MR) is 195 cm³/mol. The summed E-state index contributed by atoms with van der Waals surface area (Å²) in [6.07, 6.45) is 14.9. The van der Waals surface area contributed by atoms with Crippen LogP contribution in [0.25, 0.3) is 0 Å². The smallest absolute Gasteiger partial charge is 0.472 e. The third-order valence-corrected chi connectivity index (χ3v) is 9.02. The van der Waals surface area contributed by atoms with E-state index in [0.29, 0.717) is 23.9 Å². The van der Waals surface area contributed by atoms with Gasteiger partial charge in [-0.05, 0) is 25.3 Å². The van der Waals surface area contributed by atoms with E-state index in [9.17, 15) is 39.3 Å². The van der Waals surface area contributed by atoms with Crippen LogP contribution in [-0.4, -0.2) is 91.4 Å². The maximum atomic E-state index is 12.6. The van der Waals surface area contributed by atoms with Crippen LogP contribution in [0.2, 0.25) is 0 Å². The molecule has 0 fully saturated rings. The molecule has 1 rings (SSSR count). The Kier molecular flexibility index (Phi) is 23.9. The SMILES string of the molecule is CCCCCCCCCCCCCCCC(=O)OCC(COP(=O)(O)OCC[N+](C)(C)C)OC(=O)CCCCOc1ccc([N+](=O)[O-])c([N+](=O)[O-])c1. The number of nitrogens with zero attached hydrogens (tertiary/aromatic N) is 3.